The van der Waals surface area contributed by atoms with Crippen LogP contribution in [0.3, 0.4) is 0 Å². The first kappa shape index (κ1) is 21.6. The summed E-state index contributed by atoms with van der Waals surface area (Å²) in [6.07, 6.45) is 0. The van der Waals surface area contributed by atoms with Crippen molar-refractivity contribution in [1.29, 1.82) is 0 Å². The Labute approximate surface area is 196 Å². The lowest BCUT2D eigenvalue weighted by atomic mass is 10.2. The monoisotopic (exact) mass is 490 g/mol. The van der Waals surface area contributed by atoms with Crippen molar-refractivity contribution in [3.63, 3.8) is 0 Å². The van der Waals surface area contributed by atoms with Gasteiger partial charge in [-0.2, -0.15) is 0 Å². The first-order chi connectivity index (χ1) is 14.9. The van der Waals surface area contributed by atoms with Gasteiger partial charge in [0.15, 0.2) is 11.0 Å². The van der Waals surface area contributed by atoms with Gasteiger partial charge in [-0.25, -0.2) is 9.66 Å². The molecule has 2 heterocycles. The van der Waals surface area contributed by atoms with Crippen LogP contribution < -0.4 is 10.7 Å². The number of nitrogens with two attached hydrogens (primary N) is 1. The number of benzene rings is 2. The highest BCUT2D eigenvalue weighted by Gasteiger charge is 2.19. The maximum Gasteiger partial charge on any atom is 0.230 e. The van der Waals surface area contributed by atoms with E-state index < -0.39 is 0 Å². The zero-order chi connectivity index (χ0) is 22.0. The van der Waals surface area contributed by atoms with E-state index in [1.807, 2.05) is 35.7 Å². The van der Waals surface area contributed by atoms with Crippen molar-refractivity contribution in [2.24, 2.45) is 0 Å². The van der Waals surface area contributed by atoms with Crippen molar-refractivity contribution in [3.05, 3.63) is 69.7 Å². The number of thiazole rings is 1. The molecule has 7 nitrogen and oxygen atoms in total. The molecular weight excluding hydrogens is 475 g/mol. The van der Waals surface area contributed by atoms with E-state index in [1.165, 1.54) is 34.7 Å². The molecular formula is C20H16Cl2N6OS2. The predicted molar refractivity (Wildman–Crippen MR) is 127 cm³/mol. The van der Waals surface area contributed by atoms with Gasteiger partial charge in [-0.05, 0) is 30.3 Å². The van der Waals surface area contributed by atoms with Gasteiger partial charge in [-0.15, -0.1) is 21.5 Å². The van der Waals surface area contributed by atoms with E-state index in [0.717, 1.165) is 11.4 Å². The Morgan fingerprint density at radius 3 is 2.68 bits per heavy atom. The molecule has 0 fully saturated rings. The SMILES string of the molecule is CC(=O)N(c1ccccc1)c1nc(CSc2nnc(-c3ccc(Cl)cc3Cl)n2N)cs1. The van der Waals surface area contributed by atoms with E-state index in [1.54, 1.807) is 23.1 Å². The molecule has 0 bridgehead atoms. The summed E-state index contributed by atoms with van der Waals surface area (Å²) in [5, 5.41) is 12.3. The van der Waals surface area contributed by atoms with Gasteiger partial charge in [0.1, 0.15) is 0 Å². The highest BCUT2D eigenvalue weighted by atomic mass is 35.5. The minimum absolute atomic E-state index is 0.106. The fraction of sp³-hybridized carbons (Fsp3) is 0.100. The van der Waals surface area contributed by atoms with Crippen molar-refractivity contribution in [2.75, 3.05) is 10.7 Å². The number of hydrogen-bond donors (Lipinski definition) is 1. The average molecular weight is 491 g/mol. The van der Waals surface area contributed by atoms with E-state index in [2.05, 4.69) is 15.2 Å². The first-order valence-electron chi connectivity index (χ1n) is 9.03. The summed E-state index contributed by atoms with van der Waals surface area (Å²) in [4.78, 5) is 18.4. The molecule has 0 aliphatic heterocycles. The lowest BCUT2D eigenvalue weighted by Gasteiger charge is -2.17. The van der Waals surface area contributed by atoms with Gasteiger partial charge in [0, 0.05) is 28.6 Å². The third-order valence-corrected chi connectivity index (χ3v) is 6.64. The van der Waals surface area contributed by atoms with Crippen molar-refractivity contribution in [3.8, 4) is 11.4 Å². The third kappa shape index (κ3) is 4.69. The van der Waals surface area contributed by atoms with Crippen molar-refractivity contribution < 1.29 is 4.79 Å². The standard InChI is InChI=1S/C20H16Cl2N6OS2/c1-12(29)27(15-5-3-2-4-6-15)19-24-14(10-30-19)11-31-20-26-25-18(28(20)23)16-8-7-13(21)9-17(16)22/h2-10H,11,23H2,1H3. The van der Waals surface area contributed by atoms with Gasteiger partial charge in [-0.3, -0.25) is 9.69 Å². The number of nitrogen functional groups attached to an aromatic ring is 1. The Morgan fingerprint density at radius 1 is 1.19 bits per heavy atom. The fourth-order valence-corrected chi connectivity index (χ4v) is 5.07. The molecule has 0 radical (unpaired) electrons. The molecule has 0 saturated carbocycles. The van der Waals surface area contributed by atoms with E-state index in [9.17, 15) is 4.79 Å². The lowest BCUT2D eigenvalue weighted by Crippen LogP contribution is -2.22. The first-order valence-corrected chi connectivity index (χ1v) is 11.6. The molecule has 0 aliphatic rings. The second-order valence-corrected chi connectivity index (χ2v) is 9.02. The highest BCUT2D eigenvalue weighted by molar-refractivity contribution is 7.98. The largest absolute Gasteiger partial charge is 0.335 e. The number of carbonyl (C=O) groups is 1. The number of aromatic nitrogens is 4. The maximum absolute atomic E-state index is 12.2. The molecule has 0 spiro atoms. The van der Waals surface area contributed by atoms with Crippen LogP contribution in [0.2, 0.25) is 10.0 Å². The number of anilines is 2. The lowest BCUT2D eigenvalue weighted by molar-refractivity contribution is -0.115. The van der Waals surface area contributed by atoms with Gasteiger partial charge in [-0.1, -0.05) is 53.2 Å². The van der Waals surface area contributed by atoms with Gasteiger partial charge in [0.2, 0.25) is 11.1 Å². The quantitative estimate of drug-likeness (QED) is 0.287. The third-order valence-electron chi connectivity index (χ3n) is 4.25. The fourth-order valence-electron chi connectivity index (χ4n) is 2.84. The Morgan fingerprint density at radius 2 is 1.97 bits per heavy atom. The molecule has 2 N–H and O–H groups in total. The average Bonchev–Trinajstić information content (AvgIpc) is 3.34. The van der Waals surface area contributed by atoms with Crippen molar-refractivity contribution in [2.45, 2.75) is 17.8 Å². The molecule has 158 valence electrons. The Kier molecular flexibility index (Phi) is 6.47. The number of carbonyl (C=O) groups excluding carboxylic acids is 1. The molecule has 0 saturated heterocycles. The van der Waals surface area contributed by atoms with Gasteiger partial charge < -0.3 is 5.84 Å². The predicted octanol–water partition coefficient (Wildman–Crippen LogP) is 5.40. The van der Waals surface area contributed by atoms with E-state index >= 15 is 0 Å². The molecule has 4 aromatic rings. The Hall–Kier alpha value is -2.59. The molecule has 11 heteroatoms. The zero-order valence-electron chi connectivity index (χ0n) is 16.2. The van der Waals surface area contributed by atoms with Crippen LogP contribution in [0.1, 0.15) is 12.6 Å². The van der Waals surface area contributed by atoms with Crippen LogP contribution in [-0.2, 0) is 10.5 Å². The van der Waals surface area contributed by atoms with Crippen LogP contribution in [0.5, 0.6) is 0 Å². The summed E-state index contributed by atoms with van der Waals surface area (Å²) in [6, 6.07) is 14.5. The minimum Gasteiger partial charge on any atom is -0.335 e. The molecule has 4 rings (SSSR count). The van der Waals surface area contributed by atoms with Crippen LogP contribution in [0.25, 0.3) is 11.4 Å². The molecule has 0 unspecified atom stereocenters. The number of halogens is 2. The summed E-state index contributed by atoms with van der Waals surface area (Å²) < 4.78 is 1.39. The summed E-state index contributed by atoms with van der Waals surface area (Å²) in [6.45, 7) is 1.52. The smallest absolute Gasteiger partial charge is 0.230 e. The maximum atomic E-state index is 12.2. The summed E-state index contributed by atoms with van der Waals surface area (Å²) in [5.74, 6) is 7.03. The normalized spacial score (nSPS) is 10.9. The molecule has 0 aliphatic carbocycles. The Balaban J connectivity index is 1.50. The minimum atomic E-state index is -0.106. The number of rotatable bonds is 6. The van der Waals surface area contributed by atoms with E-state index in [0.29, 0.717) is 37.5 Å². The number of nitrogens with zero attached hydrogens (tertiary/aromatic N) is 5. The van der Waals surface area contributed by atoms with E-state index in [-0.39, 0.29) is 5.91 Å². The number of amides is 1. The van der Waals surface area contributed by atoms with Gasteiger partial charge >= 0.3 is 0 Å². The molecule has 31 heavy (non-hydrogen) atoms. The van der Waals surface area contributed by atoms with Crippen LogP contribution in [0.4, 0.5) is 10.8 Å². The molecule has 2 aromatic carbocycles. The van der Waals surface area contributed by atoms with E-state index in [4.69, 9.17) is 29.0 Å². The van der Waals surface area contributed by atoms with Crippen LogP contribution in [0, 0.1) is 0 Å². The number of para-hydroxylation sites is 1. The molecule has 0 atom stereocenters. The number of thioether (sulfide) groups is 1. The Bertz CT molecular complexity index is 1230. The summed E-state index contributed by atoms with van der Waals surface area (Å²) in [5.41, 5.74) is 2.22. The van der Waals surface area contributed by atoms with Gasteiger partial charge in [0.05, 0.1) is 16.4 Å². The van der Waals surface area contributed by atoms with Crippen LogP contribution >= 0.6 is 46.3 Å². The molecule has 2 aromatic heterocycles. The number of hydrogen-bond acceptors (Lipinski definition) is 7. The summed E-state index contributed by atoms with van der Waals surface area (Å²) >= 11 is 15.0. The second-order valence-electron chi connectivity index (χ2n) is 6.40. The summed E-state index contributed by atoms with van der Waals surface area (Å²) in [7, 11) is 0. The van der Waals surface area contributed by atoms with Gasteiger partial charge in [0.25, 0.3) is 0 Å². The second kappa shape index (κ2) is 9.27. The van der Waals surface area contributed by atoms with Crippen molar-refractivity contribution in [1.82, 2.24) is 19.9 Å². The topological polar surface area (TPSA) is 89.9 Å². The van der Waals surface area contributed by atoms with Crippen LogP contribution in [-0.4, -0.2) is 25.8 Å². The van der Waals surface area contributed by atoms with Crippen LogP contribution in [0.15, 0.2) is 59.1 Å². The molecule has 1 amide bonds. The highest BCUT2D eigenvalue weighted by Crippen LogP contribution is 2.33. The van der Waals surface area contributed by atoms with Crippen molar-refractivity contribution >= 4 is 63.0 Å². The zero-order valence-corrected chi connectivity index (χ0v) is 19.3.